The van der Waals surface area contributed by atoms with Gasteiger partial charge in [-0.25, -0.2) is 4.98 Å². The van der Waals surface area contributed by atoms with Gasteiger partial charge in [0.15, 0.2) is 5.13 Å². The predicted octanol–water partition coefficient (Wildman–Crippen LogP) is 2.93. The number of carbonyl (C=O) groups is 2. The van der Waals surface area contributed by atoms with Gasteiger partial charge in [-0.3, -0.25) is 19.7 Å². The van der Waals surface area contributed by atoms with E-state index in [1.54, 1.807) is 0 Å². The molecule has 0 radical (unpaired) electrons. The van der Waals surface area contributed by atoms with Crippen LogP contribution in [0.4, 0.5) is 10.8 Å². The van der Waals surface area contributed by atoms with Crippen molar-refractivity contribution in [1.29, 1.82) is 0 Å². The maximum atomic E-state index is 13.0. The minimum Gasteiger partial charge on any atom is -0.376 e. The fourth-order valence-corrected chi connectivity index (χ4v) is 3.88. The van der Waals surface area contributed by atoms with Crippen LogP contribution in [0.15, 0.2) is 24.3 Å². The lowest BCUT2D eigenvalue weighted by Gasteiger charge is -2.25. The van der Waals surface area contributed by atoms with Gasteiger partial charge in [0.2, 0.25) is 5.91 Å². The number of anilines is 1. The van der Waals surface area contributed by atoms with Gasteiger partial charge in [0.1, 0.15) is 6.54 Å². The molecule has 1 aliphatic rings. The molecule has 9 nitrogen and oxygen atoms in total. The number of aromatic nitrogens is 1. The standard InChI is InChI=1S/C19H22N4O5S/c1-12-13(2)29-19(20-12)21-17(24)11-22(10-16-7-4-8-28-16)18(25)14-5-3-6-15(9-14)23(26)27/h3,5-6,9,16H,4,7-8,10-11H2,1-2H3,(H,20,21,24). The normalized spacial score (nSPS) is 15.9. The molecule has 10 heteroatoms. The molecule has 2 amide bonds. The summed E-state index contributed by atoms with van der Waals surface area (Å²) in [6.07, 6.45) is 1.54. The van der Waals surface area contributed by atoms with Crippen LogP contribution < -0.4 is 5.32 Å². The maximum absolute atomic E-state index is 13.0. The topological polar surface area (TPSA) is 115 Å². The summed E-state index contributed by atoms with van der Waals surface area (Å²) in [7, 11) is 0. The summed E-state index contributed by atoms with van der Waals surface area (Å²) in [5.74, 6) is -0.832. The first-order valence-corrected chi connectivity index (χ1v) is 10.0. The molecule has 0 spiro atoms. The number of amides is 2. The third kappa shape index (κ3) is 5.36. The number of rotatable bonds is 7. The average Bonchev–Trinajstić information content (AvgIpc) is 3.30. The van der Waals surface area contributed by atoms with E-state index in [-0.39, 0.29) is 36.4 Å². The maximum Gasteiger partial charge on any atom is 0.270 e. The molecule has 2 heterocycles. The number of benzene rings is 1. The van der Waals surface area contributed by atoms with Crippen LogP contribution >= 0.6 is 11.3 Å². The van der Waals surface area contributed by atoms with E-state index in [2.05, 4.69) is 10.3 Å². The van der Waals surface area contributed by atoms with Crippen LogP contribution in [-0.4, -0.2) is 52.4 Å². The number of nitro groups is 1. The average molecular weight is 418 g/mol. The number of thiazole rings is 1. The monoisotopic (exact) mass is 418 g/mol. The summed E-state index contributed by atoms with van der Waals surface area (Å²) in [5.41, 5.74) is 0.825. The Morgan fingerprint density at radius 1 is 1.41 bits per heavy atom. The molecule has 0 bridgehead atoms. The lowest BCUT2D eigenvalue weighted by Crippen LogP contribution is -2.42. The lowest BCUT2D eigenvalue weighted by molar-refractivity contribution is -0.384. The van der Waals surface area contributed by atoms with Crippen LogP contribution in [-0.2, 0) is 9.53 Å². The zero-order valence-corrected chi connectivity index (χ0v) is 17.0. The number of hydrogen-bond acceptors (Lipinski definition) is 7. The summed E-state index contributed by atoms with van der Waals surface area (Å²) in [4.78, 5) is 42.7. The molecule has 1 saturated heterocycles. The van der Waals surface area contributed by atoms with Gasteiger partial charge in [0, 0.05) is 35.7 Å². The minimum atomic E-state index is -0.555. The van der Waals surface area contributed by atoms with E-state index >= 15 is 0 Å². The quantitative estimate of drug-likeness (QED) is 0.546. The van der Waals surface area contributed by atoms with Gasteiger partial charge >= 0.3 is 0 Å². The molecule has 1 N–H and O–H groups in total. The molecule has 1 atom stereocenters. The van der Waals surface area contributed by atoms with Crippen molar-refractivity contribution in [2.24, 2.45) is 0 Å². The Morgan fingerprint density at radius 2 is 2.21 bits per heavy atom. The van der Waals surface area contributed by atoms with Crippen molar-refractivity contribution >= 4 is 34.0 Å². The van der Waals surface area contributed by atoms with Crippen molar-refractivity contribution in [3.63, 3.8) is 0 Å². The van der Waals surface area contributed by atoms with Crippen LogP contribution in [0.1, 0.15) is 33.8 Å². The predicted molar refractivity (Wildman–Crippen MR) is 108 cm³/mol. The van der Waals surface area contributed by atoms with Crippen LogP contribution in [0.25, 0.3) is 0 Å². The van der Waals surface area contributed by atoms with Crippen molar-refractivity contribution in [1.82, 2.24) is 9.88 Å². The second-order valence-corrected chi connectivity index (χ2v) is 8.04. The zero-order valence-electron chi connectivity index (χ0n) is 16.2. The van der Waals surface area contributed by atoms with Crippen LogP contribution in [0.3, 0.4) is 0 Å². The molecule has 1 aliphatic heterocycles. The molecule has 29 heavy (non-hydrogen) atoms. The Labute approximate surface area is 171 Å². The zero-order chi connectivity index (χ0) is 21.0. The van der Waals surface area contributed by atoms with Crippen molar-refractivity contribution in [3.05, 3.63) is 50.5 Å². The van der Waals surface area contributed by atoms with E-state index in [9.17, 15) is 19.7 Å². The van der Waals surface area contributed by atoms with Gasteiger partial charge in [0.25, 0.3) is 11.6 Å². The van der Waals surface area contributed by atoms with E-state index in [4.69, 9.17) is 4.74 Å². The van der Waals surface area contributed by atoms with Crippen molar-refractivity contribution in [2.75, 3.05) is 25.0 Å². The number of ether oxygens (including phenoxy) is 1. The summed E-state index contributed by atoms with van der Waals surface area (Å²) in [5, 5.41) is 14.2. The highest BCUT2D eigenvalue weighted by atomic mass is 32.1. The number of nitrogens with one attached hydrogen (secondary N) is 1. The van der Waals surface area contributed by atoms with Crippen LogP contribution in [0.5, 0.6) is 0 Å². The summed E-state index contributed by atoms with van der Waals surface area (Å²) >= 11 is 1.37. The summed E-state index contributed by atoms with van der Waals surface area (Å²) in [6.45, 7) is 4.44. The first-order valence-electron chi connectivity index (χ1n) is 9.22. The number of carbonyl (C=O) groups excluding carboxylic acids is 2. The summed E-state index contributed by atoms with van der Waals surface area (Å²) in [6, 6.07) is 5.50. The third-order valence-electron chi connectivity index (χ3n) is 4.65. The van der Waals surface area contributed by atoms with Gasteiger partial charge in [-0.15, -0.1) is 11.3 Å². The molecule has 1 unspecified atom stereocenters. The first-order chi connectivity index (χ1) is 13.8. The highest BCUT2D eigenvalue weighted by Crippen LogP contribution is 2.22. The van der Waals surface area contributed by atoms with Crippen LogP contribution in [0, 0.1) is 24.0 Å². The SMILES string of the molecule is Cc1nc(NC(=O)CN(CC2CCCO2)C(=O)c2cccc([N+](=O)[O-])c2)sc1C. The molecule has 1 aromatic heterocycles. The molecule has 0 aliphatic carbocycles. The van der Waals surface area contributed by atoms with Gasteiger partial charge in [0.05, 0.1) is 16.7 Å². The molecule has 2 aromatic rings. The van der Waals surface area contributed by atoms with E-state index in [1.807, 2.05) is 13.8 Å². The summed E-state index contributed by atoms with van der Waals surface area (Å²) < 4.78 is 5.61. The van der Waals surface area contributed by atoms with Gasteiger partial charge in [-0.1, -0.05) is 6.07 Å². The van der Waals surface area contributed by atoms with Gasteiger partial charge < -0.3 is 15.0 Å². The smallest absolute Gasteiger partial charge is 0.270 e. The largest absolute Gasteiger partial charge is 0.376 e. The molecule has 154 valence electrons. The van der Waals surface area contributed by atoms with Crippen molar-refractivity contribution in [2.45, 2.75) is 32.8 Å². The van der Waals surface area contributed by atoms with E-state index in [0.29, 0.717) is 11.7 Å². The Kier molecular flexibility index (Phi) is 6.55. The fraction of sp³-hybridized carbons (Fsp3) is 0.421. The fourth-order valence-electron chi connectivity index (χ4n) is 3.05. The van der Waals surface area contributed by atoms with Crippen molar-refractivity contribution in [3.8, 4) is 0 Å². The number of aryl methyl sites for hydroxylation is 2. The van der Waals surface area contributed by atoms with Gasteiger partial charge in [-0.2, -0.15) is 0 Å². The highest BCUT2D eigenvalue weighted by molar-refractivity contribution is 7.15. The highest BCUT2D eigenvalue weighted by Gasteiger charge is 2.26. The van der Waals surface area contributed by atoms with E-state index in [1.165, 1.54) is 40.5 Å². The first kappa shape index (κ1) is 20.9. The third-order valence-corrected chi connectivity index (χ3v) is 5.64. The number of nitro benzene ring substituents is 1. The lowest BCUT2D eigenvalue weighted by atomic mass is 10.1. The molecule has 0 saturated carbocycles. The molecular formula is C19H22N4O5S. The van der Waals surface area contributed by atoms with E-state index < -0.39 is 10.8 Å². The molecule has 3 rings (SSSR count). The molecule has 1 fully saturated rings. The van der Waals surface area contributed by atoms with Gasteiger partial charge in [-0.05, 0) is 32.8 Å². The number of non-ortho nitro benzene ring substituents is 1. The number of hydrogen-bond donors (Lipinski definition) is 1. The molecule has 1 aromatic carbocycles. The second kappa shape index (κ2) is 9.10. The minimum absolute atomic E-state index is 0.158. The second-order valence-electron chi connectivity index (χ2n) is 6.84. The Bertz CT molecular complexity index is 904. The Morgan fingerprint density at radius 3 is 2.83 bits per heavy atom. The van der Waals surface area contributed by atoms with Crippen molar-refractivity contribution < 1.29 is 19.2 Å². The Balaban J connectivity index is 1.76. The van der Waals surface area contributed by atoms with Crippen LogP contribution in [0.2, 0.25) is 0 Å². The Hall–Kier alpha value is -2.85. The number of nitrogens with zero attached hydrogens (tertiary/aromatic N) is 3. The molecular weight excluding hydrogens is 396 g/mol. The van der Waals surface area contributed by atoms with E-state index in [0.717, 1.165) is 23.4 Å².